The van der Waals surface area contributed by atoms with E-state index >= 15 is 0 Å². The Balaban J connectivity index is 2.01. The third kappa shape index (κ3) is 9.08. The highest BCUT2D eigenvalue weighted by Crippen LogP contribution is 2.14. The van der Waals surface area contributed by atoms with Crippen LogP contribution in [0, 0.1) is 0 Å². The number of carbonyl (C=O) groups is 3. The van der Waals surface area contributed by atoms with Crippen molar-refractivity contribution in [2.75, 3.05) is 6.61 Å². The van der Waals surface area contributed by atoms with Crippen LogP contribution in [0.1, 0.15) is 68.6 Å². The number of rotatable bonds is 12. The highest BCUT2D eigenvalue weighted by molar-refractivity contribution is 5.76. The van der Waals surface area contributed by atoms with Gasteiger partial charge in [-0.05, 0) is 44.0 Å². The zero-order valence-corrected chi connectivity index (χ0v) is 14.3. The molecule has 0 radical (unpaired) electrons. The second kappa shape index (κ2) is 12.3. The van der Waals surface area contributed by atoms with E-state index in [0.717, 1.165) is 44.8 Å². The van der Waals surface area contributed by atoms with Gasteiger partial charge in [0.05, 0.1) is 6.61 Å². The van der Waals surface area contributed by atoms with Crippen LogP contribution < -0.4 is 4.74 Å². The third-order valence-electron chi connectivity index (χ3n) is 3.56. The van der Waals surface area contributed by atoms with Crippen LogP contribution in [0.2, 0.25) is 0 Å². The molecule has 1 aromatic carbocycles. The minimum absolute atomic E-state index is 0.124. The quantitative estimate of drug-likeness (QED) is 0.249. The average Bonchev–Trinajstić information content (AvgIpc) is 2.58. The number of unbranched alkanes of at least 4 members (excludes halogenated alkanes) is 5. The maximum atomic E-state index is 11.7. The van der Waals surface area contributed by atoms with Gasteiger partial charge in [-0.3, -0.25) is 14.4 Å². The minimum Gasteiger partial charge on any atom is -0.466 e. The number of benzene rings is 1. The molecule has 0 aliphatic rings. The van der Waals surface area contributed by atoms with E-state index in [1.165, 1.54) is 0 Å². The SMILES string of the molecule is CCOC(=O)CCCCCCCCC(=O)Oc1ccc(C=O)cc1. The molecule has 5 heteroatoms. The van der Waals surface area contributed by atoms with Crippen molar-refractivity contribution in [2.24, 2.45) is 0 Å². The van der Waals surface area contributed by atoms with Crippen molar-refractivity contribution >= 4 is 18.2 Å². The molecule has 0 amide bonds. The highest BCUT2D eigenvalue weighted by Gasteiger charge is 2.05. The van der Waals surface area contributed by atoms with Gasteiger partial charge < -0.3 is 9.47 Å². The van der Waals surface area contributed by atoms with Crippen molar-refractivity contribution in [1.29, 1.82) is 0 Å². The van der Waals surface area contributed by atoms with E-state index in [1.54, 1.807) is 24.3 Å². The smallest absolute Gasteiger partial charge is 0.311 e. The Morgan fingerprint density at radius 2 is 1.42 bits per heavy atom. The van der Waals surface area contributed by atoms with E-state index in [-0.39, 0.29) is 11.9 Å². The van der Waals surface area contributed by atoms with Crippen molar-refractivity contribution < 1.29 is 23.9 Å². The van der Waals surface area contributed by atoms with Gasteiger partial charge in [0.25, 0.3) is 0 Å². The Bertz CT molecular complexity index is 507. The lowest BCUT2D eigenvalue weighted by Gasteiger charge is -2.05. The molecule has 0 atom stereocenters. The summed E-state index contributed by atoms with van der Waals surface area (Å²) >= 11 is 0. The first-order chi connectivity index (χ1) is 11.7. The predicted molar refractivity (Wildman–Crippen MR) is 91.0 cm³/mol. The summed E-state index contributed by atoms with van der Waals surface area (Å²) in [5.74, 6) is 0.0853. The van der Waals surface area contributed by atoms with Gasteiger partial charge in [-0.1, -0.05) is 25.7 Å². The first kappa shape index (κ1) is 19.9. The molecule has 24 heavy (non-hydrogen) atoms. The van der Waals surface area contributed by atoms with Gasteiger partial charge in [0, 0.05) is 18.4 Å². The zero-order chi connectivity index (χ0) is 17.6. The summed E-state index contributed by atoms with van der Waals surface area (Å²) in [7, 11) is 0. The van der Waals surface area contributed by atoms with Crippen LogP contribution in [0.4, 0.5) is 0 Å². The lowest BCUT2D eigenvalue weighted by Crippen LogP contribution is -2.07. The van der Waals surface area contributed by atoms with Crippen LogP contribution in [0.3, 0.4) is 0 Å². The normalized spacial score (nSPS) is 10.2. The number of hydrogen-bond acceptors (Lipinski definition) is 5. The minimum atomic E-state index is -0.254. The second-order valence-electron chi connectivity index (χ2n) is 5.59. The van der Waals surface area contributed by atoms with Crippen molar-refractivity contribution in [1.82, 2.24) is 0 Å². The van der Waals surface area contributed by atoms with Gasteiger partial charge in [0.1, 0.15) is 12.0 Å². The van der Waals surface area contributed by atoms with Crippen LogP contribution in [0.25, 0.3) is 0 Å². The monoisotopic (exact) mass is 334 g/mol. The number of aldehydes is 1. The molecule has 0 aromatic heterocycles. The number of hydrogen-bond donors (Lipinski definition) is 0. The van der Waals surface area contributed by atoms with E-state index in [9.17, 15) is 14.4 Å². The van der Waals surface area contributed by atoms with Crippen LogP contribution in [0.15, 0.2) is 24.3 Å². The summed E-state index contributed by atoms with van der Waals surface area (Å²) in [6.45, 7) is 2.25. The van der Waals surface area contributed by atoms with Crippen LogP contribution >= 0.6 is 0 Å². The Morgan fingerprint density at radius 1 is 0.875 bits per heavy atom. The molecule has 0 heterocycles. The molecular formula is C19H26O5. The fourth-order valence-electron chi connectivity index (χ4n) is 2.28. The summed E-state index contributed by atoms with van der Waals surface area (Å²) < 4.78 is 10.1. The van der Waals surface area contributed by atoms with E-state index in [2.05, 4.69) is 0 Å². The topological polar surface area (TPSA) is 69.7 Å². The standard InChI is InChI=1S/C19H26O5/c1-2-23-18(21)9-7-5-3-4-6-8-10-19(22)24-17-13-11-16(15-20)12-14-17/h11-15H,2-10H2,1H3. The summed E-state index contributed by atoms with van der Waals surface area (Å²) in [6, 6.07) is 6.47. The fourth-order valence-corrected chi connectivity index (χ4v) is 2.28. The van der Waals surface area contributed by atoms with E-state index in [0.29, 0.717) is 30.8 Å². The summed E-state index contributed by atoms with van der Waals surface area (Å²) in [4.78, 5) is 33.4. The first-order valence-corrected chi connectivity index (χ1v) is 8.57. The van der Waals surface area contributed by atoms with Gasteiger partial charge in [-0.25, -0.2) is 0 Å². The second-order valence-corrected chi connectivity index (χ2v) is 5.59. The van der Waals surface area contributed by atoms with Crippen molar-refractivity contribution in [3.05, 3.63) is 29.8 Å². The Labute approximate surface area is 143 Å². The van der Waals surface area contributed by atoms with Crippen LogP contribution in [-0.4, -0.2) is 24.8 Å². The van der Waals surface area contributed by atoms with Crippen molar-refractivity contribution in [2.45, 2.75) is 58.3 Å². The first-order valence-electron chi connectivity index (χ1n) is 8.57. The third-order valence-corrected chi connectivity index (χ3v) is 3.56. The maximum absolute atomic E-state index is 11.7. The molecule has 0 spiro atoms. The van der Waals surface area contributed by atoms with Gasteiger partial charge in [-0.15, -0.1) is 0 Å². The summed E-state index contributed by atoms with van der Waals surface area (Å²) in [5, 5.41) is 0. The Hall–Kier alpha value is -2.17. The molecule has 0 saturated carbocycles. The Kier molecular flexibility index (Phi) is 10.2. The molecule has 5 nitrogen and oxygen atoms in total. The number of esters is 2. The van der Waals surface area contributed by atoms with E-state index in [4.69, 9.17) is 9.47 Å². The lowest BCUT2D eigenvalue weighted by atomic mass is 10.1. The number of ether oxygens (including phenoxy) is 2. The fraction of sp³-hybridized carbons (Fsp3) is 0.526. The van der Waals surface area contributed by atoms with Gasteiger partial charge in [0.15, 0.2) is 0 Å². The van der Waals surface area contributed by atoms with Gasteiger partial charge in [-0.2, -0.15) is 0 Å². The molecule has 1 rings (SSSR count). The molecule has 132 valence electrons. The average molecular weight is 334 g/mol. The summed E-state index contributed by atoms with van der Waals surface area (Å²) in [5.41, 5.74) is 0.553. The molecule has 0 aliphatic heterocycles. The van der Waals surface area contributed by atoms with Gasteiger partial charge in [0.2, 0.25) is 0 Å². The Morgan fingerprint density at radius 3 is 1.96 bits per heavy atom. The van der Waals surface area contributed by atoms with Crippen LogP contribution in [-0.2, 0) is 14.3 Å². The largest absolute Gasteiger partial charge is 0.466 e. The molecule has 0 bridgehead atoms. The molecule has 0 saturated heterocycles. The molecule has 0 fully saturated rings. The number of carbonyl (C=O) groups excluding carboxylic acids is 3. The molecule has 1 aromatic rings. The molecule has 0 aliphatic carbocycles. The van der Waals surface area contributed by atoms with Crippen molar-refractivity contribution in [3.63, 3.8) is 0 Å². The highest BCUT2D eigenvalue weighted by atomic mass is 16.5. The zero-order valence-electron chi connectivity index (χ0n) is 14.3. The maximum Gasteiger partial charge on any atom is 0.311 e. The molecule has 0 unspecified atom stereocenters. The summed E-state index contributed by atoms with van der Waals surface area (Å²) in [6.07, 6.45) is 7.36. The van der Waals surface area contributed by atoms with Crippen molar-refractivity contribution in [3.8, 4) is 5.75 Å². The molecule has 0 N–H and O–H groups in total. The van der Waals surface area contributed by atoms with Gasteiger partial charge >= 0.3 is 11.9 Å². The predicted octanol–water partition coefficient (Wildman–Crippen LogP) is 4.09. The lowest BCUT2D eigenvalue weighted by molar-refractivity contribution is -0.143. The van der Waals surface area contributed by atoms with E-state index in [1.807, 2.05) is 6.92 Å². The molecular weight excluding hydrogens is 308 g/mol. The van der Waals surface area contributed by atoms with E-state index < -0.39 is 0 Å². The van der Waals surface area contributed by atoms with Crippen LogP contribution in [0.5, 0.6) is 5.75 Å².